The van der Waals surface area contributed by atoms with Gasteiger partial charge in [0, 0.05) is 17.6 Å². The zero-order valence-electron chi connectivity index (χ0n) is 12.7. The number of benzene rings is 3. The molecule has 0 heterocycles. The van der Waals surface area contributed by atoms with E-state index >= 15 is 0 Å². The van der Waals surface area contributed by atoms with Gasteiger partial charge in [0.05, 0.1) is 0 Å². The van der Waals surface area contributed by atoms with Crippen LogP contribution in [-0.2, 0) is 17.9 Å². The van der Waals surface area contributed by atoms with E-state index in [-0.39, 0.29) is 6.61 Å². The van der Waals surface area contributed by atoms with Crippen molar-refractivity contribution in [1.29, 1.82) is 0 Å². The minimum absolute atomic E-state index is 0.250. The van der Waals surface area contributed by atoms with Crippen molar-refractivity contribution in [1.82, 2.24) is 5.32 Å². The smallest absolute Gasteiger partial charge is 0.407 e. The van der Waals surface area contributed by atoms with Crippen molar-refractivity contribution < 1.29 is 9.53 Å². The molecule has 0 fully saturated rings. The summed E-state index contributed by atoms with van der Waals surface area (Å²) in [6.07, 6.45) is -0.457. The normalized spacial score (nSPS) is 10.4. The summed E-state index contributed by atoms with van der Waals surface area (Å²) in [5, 5.41) is 4.81. The Balaban J connectivity index is 1.60. The summed E-state index contributed by atoms with van der Waals surface area (Å²) in [6, 6.07) is 21.4. The highest BCUT2D eigenvalue weighted by molar-refractivity contribution is 5.94. The molecule has 4 nitrogen and oxygen atoms in total. The molecule has 3 N–H and O–H groups in total. The lowest BCUT2D eigenvalue weighted by atomic mass is 10.0. The molecule has 0 saturated carbocycles. The van der Waals surface area contributed by atoms with Gasteiger partial charge >= 0.3 is 6.09 Å². The Bertz CT molecular complexity index is 816. The van der Waals surface area contributed by atoms with Crippen molar-refractivity contribution in [2.75, 3.05) is 5.73 Å². The van der Waals surface area contributed by atoms with E-state index in [4.69, 9.17) is 10.5 Å². The number of anilines is 1. The second-order valence-corrected chi connectivity index (χ2v) is 5.27. The SMILES string of the molecule is Nc1c(CNC(=O)OCc2ccccc2)ccc2ccccc12. The van der Waals surface area contributed by atoms with Gasteiger partial charge in [0.15, 0.2) is 0 Å². The molecular weight excluding hydrogens is 288 g/mol. The predicted molar refractivity (Wildman–Crippen MR) is 91.8 cm³/mol. The highest BCUT2D eigenvalue weighted by Gasteiger charge is 2.07. The molecule has 23 heavy (non-hydrogen) atoms. The van der Waals surface area contributed by atoms with Gasteiger partial charge in [0.2, 0.25) is 0 Å². The van der Waals surface area contributed by atoms with Crippen LogP contribution in [0.5, 0.6) is 0 Å². The van der Waals surface area contributed by atoms with Crippen molar-refractivity contribution in [2.45, 2.75) is 13.2 Å². The summed E-state index contributed by atoms with van der Waals surface area (Å²) in [6.45, 7) is 0.587. The van der Waals surface area contributed by atoms with Gasteiger partial charge in [-0.15, -0.1) is 0 Å². The van der Waals surface area contributed by atoms with Gasteiger partial charge in [0.1, 0.15) is 6.61 Å². The number of carbonyl (C=O) groups excluding carboxylic acids is 1. The average Bonchev–Trinajstić information content (AvgIpc) is 2.60. The van der Waals surface area contributed by atoms with Crippen molar-refractivity contribution in [3.05, 3.63) is 77.9 Å². The van der Waals surface area contributed by atoms with Gasteiger partial charge in [-0.2, -0.15) is 0 Å². The molecule has 0 aromatic heterocycles. The number of alkyl carbamates (subject to hydrolysis) is 1. The molecule has 0 atom stereocenters. The maximum absolute atomic E-state index is 11.8. The lowest BCUT2D eigenvalue weighted by Crippen LogP contribution is -2.24. The van der Waals surface area contributed by atoms with Crippen LogP contribution in [0.15, 0.2) is 66.7 Å². The first-order valence-corrected chi connectivity index (χ1v) is 7.44. The lowest BCUT2D eigenvalue weighted by molar-refractivity contribution is 0.139. The molecule has 3 aromatic rings. The zero-order chi connectivity index (χ0) is 16.1. The van der Waals surface area contributed by atoms with E-state index in [2.05, 4.69) is 5.32 Å². The van der Waals surface area contributed by atoms with Crippen molar-refractivity contribution in [3.63, 3.8) is 0 Å². The Labute approximate surface area is 134 Å². The van der Waals surface area contributed by atoms with E-state index in [0.717, 1.165) is 21.9 Å². The Morgan fingerprint density at radius 1 is 0.957 bits per heavy atom. The van der Waals surface area contributed by atoms with Crippen LogP contribution >= 0.6 is 0 Å². The van der Waals surface area contributed by atoms with Gasteiger partial charge in [-0.25, -0.2) is 4.79 Å². The molecule has 0 aliphatic rings. The third-order valence-electron chi connectivity index (χ3n) is 3.70. The van der Waals surface area contributed by atoms with Crippen molar-refractivity contribution in [3.8, 4) is 0 Å². The van der Waals surface area contributed by atoms with E-state index in [1.807, 2.05) is 66.7 Å². The molecule has 1 amide bonds. The number of hydrogen-bond acceptors (Lipinski definition) is 3. The van der Waals surface area contributed by atoms with Crippen LogP contribution in [0.3, 0.4) is 0 Å². The lowest BCUT2D eigenvalue weighted by Gasteiger charge is -2.11. The molecular formula is C19H18N2O2. The van der Waals surface area contributed by atoms with Crippen LogP contribution < -0.4 is 11.1 Å². The molecule has 0 aliphatic carbocycles. The van der Waals surface area contributed by atoms with Crippen LogP contribution in [0.1, 0.15) is 11.1 Å². The number of nitrogens with one attached hydrogen (secondary N) is 1. The topological polar surface area (TPSA) is 64.3 Å². The molecule has 0 bridgehead atoms. The fourth-order valence-electron chi connectivity index (χ4n) is 2.44. The molecule has 116 valence electrons. The number of rotatable bonds is 4. The Kier molecular flexibility index (Phi) is 4.43. The molecule has 0 unspecified atom stereocenters. The fraction of sp³-hybridized carbons (Fsp3) is 0.105. The molecule has 0 saturated heterocycles. The van der Waals surface area contributed by atoms with Gasteiger partial charge in [-0.3, -0.25) is 0 Å². The van der Waals surface area contributed by atoms with Crippen molar-refractivity contribution in [2.24, 2.45) is 0 Å². The summed E-state index contributed by atoms with van der Waals surface area (Å²) in [4.78, 5) is 11.8. The Morgan fingerprint density at radius 3 is 2.52 bits per heavy atom. The van der Waals surface area contributed by atoms with Gasteiger partial charge in [0.25, 0.3) is 0 Å². The van der Waals surface area contributed by atoms with Crippen LogP contribution in [-0.4, -0.2) is 6.09 Å². The summed E-state index contributed by atoms with van der Waals surface area (Å²) in [5.74, 6) is 0. The highest BCUT2D eigenvalue weighted by atomic mass is 16.5. The standard InChI is InChI=1S/C19H18N2O2/c20-18-16(11-10-15-8-4-5-9-17(15)18)12-21-19(22)23-13-14-6-2-1-3-7-14/h1-11H,12-13,20H2,(H,21,22). The largest absolute Gasteiger partial charge is 0.445 e. The summed E-state index contributed by atoms with van der Waals surface area (Å²) in [7, 11) is 0. The number of ether oxygens (including phenoxy) is 1. The number of nitrogen functional groups attached to an aromatic ring is 1. The van der Waals surface area contributed by atoms with Gasteiger partial charge in [-0.1, -0.05) is 66.7 Å². The van der Waals surface area contributed by atoms with Crippen LogP contribution in [0.2, 0.25) is 0 Å². The minimum atomic E-state index is -0.457. The van der Waals surface area contributed by atoms with Crippen LogP contribution in [0, 0.1) is 0 Å². The van der Waals surface area contributed by atoms with Crippen LogP contribution in [0.25, 0.3) is 10.8 Å². The predicted octanol–water partition coefficient (Wildman–Crippen LogP) is 3.85. The average molecular weight is 306 g/mol. The Morgan fingerprint density at radius 2 is 1.70 bits per heavy atom. The molecule has 4 heteroatoms. The minimum Gasteiger partial charge on any atom is -0.445 e. The number of amides is 1. The first-order valence-electron chi connectivity index (χ1n) is 7.44. The third-order valence-corrected chi connectivity index (χ3v) is 3.70. The molecule has 3 aromatic carbocycles. The van der Waals surface area contributed by atoms with Gasteiger partial charge < -0.3 is 15.8 Å². The highest BCUT2D eigenvalue weighted by Crippen LogP contribution is 2.24. The summed E-state index contributed by atoms with van der Waals surface area (Å²) >= 11 is 0. The fourth-order valence-corrected chi connectivity index (χ4v) is 2.44. The van der Waals surface area contributed by atoms with Crippen molar-refractivity contribution >= 4 is 22.6 Å². The maximum atomic E-state index is 11.8. The number of fused-ring (bicyclic) bond motifs is 1. The quantitative estimate of drug-likeness (QED) is 0.720. The molecule has 0 aliphatic heterocycles. The first-order chi connectivity index (χ1) is 11.2. The zero-order valence-corrected chi connectivity index (χ0v) is 12.7. The van der Waals surface area contributed by atoms with E-state index < -0.39 is 6.09 Å². The van der Waals surface area contributed by atoms with E-state index in [9.17, 15) is 4.79 Å². The Hall–Kier alpha value is -3.01. The van der Waals surface area contributed by atoms with Crippen LogP contribution in [0.4, 0.5) is 10.5 Å². The maximum Gasteiger partial charge on any atom is 0.407 e. The molecule has 0 spiro atoms. The second kappa shape index (κ2) is 6.83. The monoisotopic (exact) mass is 306 g/mol. The number of nitrogens with two attached hydrogens (primary N) is 1. The van der Waals surface area contributed by atoms with E-state index in [0.29, 0.717) is 12.2 Å². The third kappa shape index (κ3) is 3.61. The van der Waals surface area contributed by atoms with E-state index in [1.54, 1.807) is 0 Å². The first kappa shape index (κ1) is 14.9. The number of hydrogen-bond donors (Lipinski definition) is 2. The van der Waals surface area contributed by atoms with E-state index in [1.165, 1.54) is 0 Å². The molecule has 3 rings (SSSR count). The summed E-state index contributed by atoms with van der Waals surface area (Å²) in [5.41, 5.74) is 8.69. The molecule has 0 radical (unpaired) electrons. The van der Waals surface area contributed by atoms with Gasteiger partial charge in [-0.05, 0) is 16.5 Å². The number of carbonyl (C=O) groups is 1. The summed E-state index contributed by atoms with van der Waals surface area (Å²) < 4.78 is 5.19. The second-order valence-electron chi connectivity index (χ2n) is 5.27.